The Morgan fingerprint density at radius 2 is 2.00 bits per heavy atom. The van der Waals surface area contributed by atoms with E-state index in [-0.39, 0.29) is 0 Å². The summed E-state index contributed by atoms with van der Waals surface area (Å²) in [6.45, 7) is 1.46. The number of hydrogen-bond donors (Lipinski definition) is 0. The van der Waals surface area contributed by atoms with E-state index < -0.39 is 0 Å². The molecule has 0 aliphatic carbocycles. The standard InChI is InChI=1S/C16H14N4O/c1-2-5-12(6-3-1)9-20-11-19-15-14(13-7-4-8-21-13)17-10-18-16(15)20/h1-3,5-7,10-11H,4,8-9H2. The van der Waals surface area contributed by atoms with E-state index >= 15 is 0 Å². The van der Waals surface area contributed by atoms with Gasteiger partial charge in [-0.1, -0.05) is 30.3 Å². The molecule has 0 N–H and O–H groups in total. The summed E-state index contributed by atoms with van der Waals surface area (Å²) in [5.41, 5.74) is 3.62. The number of ether oxygens (including phenoxy) is 1. The van der Waals surface area contributed by atoms with E-state index in [1.807, 2.05) is 29.1 Å². The number of hydrogen-bond acceptors (Lipinski definition) is 4. The lowest BCUT2D eigenvalue weighted by Gasteiger charge is -2.05. The van der Waals surface area contributed by atoms with Crippen LogP contribution in [0.3, 0.4) is 0 Å². The molecule has 4 rings (SSSR count). The average molecular weight is 278 g/mol. The highest BCUT2D eigenvalue weighted by molar-refractivity contribution is 5.83. The minimum atomic E-state index is 0.714. The predicted octanol–water partition coefficient (Wildman–Crippen LogP) is 2.64. The van der Waals surface area contributed by atoms with Gasteiger partial charge in [-0.2, -0.15) is 0 Å². The van der Waals surface area contributed by atoms with E-state index in [0.717, 1.165) is 35.6 Å². The third kappa shape index (κ3) is 2.16. The lowest BCUT2D eigenvalue weighted by Crippen LogP contribution is -2.00. The first-order valence-corrected chi connectivity index (χ1v) is 6.95. The Hall–Kier alpha value is -2.69. The van der Waals surface area contributed by atoms with Crippen LogP contribution in [-0.2, 0) is 11.3 Å². The van der Waals surface area contributed by atoms with E-state index in [4.69, 9.17) is 4.74 Å². The Kier molecular flexibility index (Phi) is 2.88. The van der Waals surface area contributed by atoms with E-state index in [0.29, 0.717) is 6.61 Å². The monoisotopic (exact) mass is 278 g/mol. The van der Waals surface area contributed by atoms with Crippen molar-refractivity contribution in [2.45, 2.75) is 13.0 Å². The first-order valence-electron chi connectivity index (χ1n) is 6.95. The fourth-order valence-corrected chi connectivity index (χ4v) is 2.54. The second kappa shape index (κ2) is 5.01. The first kappa shape index (κ1) is 12.1. The first-order chi connectivity index (χ1) is 10.4. The molecule has 5 nitrogen and oxygen atoms in total. The number of benzene rings is 1. The van der Waals surface area contributed by atoms with Crippen LogP contribution >= 0.6 is 0 Å². The van der Waals surface area contributed by atoms with Crippen molar-refractivity contribution < 1.29 is 4.74 Å². The molecule has 0 radical (unpaired) electrons. The molecule has 0 bridgehead atoms. The van der Waals surface area contributed by atoms with Crippen LogP contribution in [-0.4, -0.2) is 26.1 Å². The second-order valence-electron chi connectivity index (χ2n) is 4.96. The van der Waals surface area contributed by atoms with Gasteiger partial charge in [0, 0.05) is 6.42 Å². The van der Waals surface area contributed by atoms with Gasteiger partial charge >= 0.3 is 0 Å². The van der Waals surface area contributed by atoms with Crippen molar-refractivity contribution in [3.63, 3.8) is 0 Å². The lowest BCUT2D eigenvalue weighted by molar-refractivity contribution is 0.306. The minimum absolute atomic E-state index is 0.714. The summed E-state index contributed by atoms with van der Waals surface area (Å²) in [6.07, 6.45) is 6.36. The predicted molar refractivity (Wildman–Crippen MR) is 79.4 cm³/mol. The number of rotatable bonds is 3. The largest absolute Gasteiger partial charge is 0.491 e. The third-order valence-electron chi connectivity index (χ3n) is 3.54. The zero-order valence-corrected chi connectivity index (χ0v) is 11.4. The molecule has 0 saturated heterocycles. The molecule has 104 valence electrons. The molecule has 1 aromatic carbocycles. The van der Waals surface area contributed by atoms with E-state index in [2.05, 4.69) is 33.2 Å². The summed E-state index contributed by atoms with van der Waals surface area (Å²) < 4.78 is 7.63. The van der Waals surface area contributed by atoms with Gasteiger partial charge in [0.15, 0.2) is 5.65 Å². The molecule has 21 heavy (non-hydrogen) atoms. The van der Waals surface area contributed by atoms with Crippen LogP contribution < -0.4 is 0 Å². The fraction of sp³-hybridized carbons (Fsp3) is 0.188. The van der Waals surface area contributed by atoms with Crippen LogP contribution in [0.2, 0.25) is 0 Å². The van der Waals surface area contributed by atoms with Crippen LogP contribution in [0, 0.1) is 0 Å². The Balaban J connectivity index is 1.77. The minimum Gasteiger partial charge on any atom is -0.491 e. The zero-order chi connectivity index (χ0) is 14.1. The Bertz CT molecular complexity index is 808. The SMILES string of the molecule is C1=C(c2ncnc3c2ncn3Cc2ccccc2)OCC1. The molecule has 5 heteroatoms. The summed E-state index contributed by atoms with van der Waals surface area (Å²) in [4.78, 5) is 13.2. The molecule has 3 aromatic rings. The molecule has 0 unspecified atom stereocenters. The maximum Gasteiger partial charge on any atom is 0.164 e. The van der Waals surface area contributed by atoms with Crippen molar-refractivity contribution in [2.24, 2.45) is 0 Å². The van der Waals surface area contributed by atoms with Gasteiger partial charge in [0.1, 0.15) is 23.3 Å². The number of fused-ring (bicyclic) bond motifs is 1. The summed E-state index contributed by atoms with van der Waals surface area (Å²) >= 11 is 0. The molecule has 1 aliphatic heterocycles. The molecular weight excluding hydrogens is 264 g/mol. The van der Waals surface area contributed by atoms with Gasteiger partial charge in [-0.25, -0.2) is 15.0 Å². The van der Waals surface area contributed by atoms with E-state index in [9.17, 15) is 0 Å². The van der Waals surface area contributed by atoms with E-state index in [1.54, 1.807) is 6.33 Å². The number of imidazole rings is 1. The molecule has 1 aliphatic rings. The fourth-order valence-electron chi connectivity index (χ4n) is 2.54. The number of aromatic nitrogens is 4. The molecule has 0 saturated carbocycles. The molecular formula is C16H14N4O. The smallest absolute Gasteiger partial charge is 0.164 e. The summed E-state index contributed by atoms with van der Waals surface area (Å²) in [5, 5.41) is 0. The quantitative estimate of drug-likeness (QED) is 0.739. The van der Waals surface area contributed by atoms with Gasteiger partial charge in [0.25, 0.3) is 0 Å². The molecule has 0 atom stereocenters. The van der Waals surface area contributed by atoms with Crippen LogP contribution in [0.15, 0.2) is 49.1 Å². The van der Waals surface area contributed by atoms with Crippen molar-refractivity contribution >= 4 is 16.9 Å². The molecule has 0 spiro atoms. The Labute approximate surface area is 121 Å². The van der Waals surface area contributed by atoms with Gasteiger partial charge in [0.2, 0.25) is 0 Å². The molecule has 2 aromatic heterocycles. The molecule has 0 fully saturated rings. The highest BCUT2D eigenvalue weighted by atomic mass is 16.5. The van der Waals surface area contributed by atoms with Crippen molar-refractivity contribution in [3.8, 4) is 0 Å². The van der Waals surface area contributed by atoms with E-state index in [1.165, 1.54) is 5.56 Å². The maximum atomic E-state index is 5.60. The Morgan fingerprint density at radius 3 is 2.81 bits per heavy atom. The zero-order valence-electron chi connectivity index (χ0n) is 11.4. The van der Waals surface area contributed by atoms with Crippen LogP contribution in [0.5, 0.6) is 0 Å². The van der Waals surface area contributed by atoms with Crippen molar-refractivity contribution in [1.29, 1.82) is 0 Å². The molecule has 0 amide bonds. The summed E-state index contributed by atoms with van der Waals surface area (Å²) in [5.74, 6) is 0.812. The van der Waals surface area contributed by atoms with Gasteiger partial charge in [-0.15, -0.1) is 0 Å². The summed E-state index contributed by atoms with van der Waals surface area (Å²) in [7, 11) is 0. The highest BCUT2D eigenvalue weighted by Crippen LogP contribution is 2.25. The van der Waals surface area contributed by atoms with Gasteiger partial charge in [-0.05, 0) is 11.6 Å². The number of nitrogens with zero attached hydrogens (tertiary/aromatic N) is 4. The normalized spacial score (nSPS) is 14.2. The topological polar surface area (TPSA) is 52.8 Å². The van der Waals surface area contributed by atoms with Crippen LogP contribution in [0.4, 0.5) is 0 Å². The molecule has 3 heterocycles. The maximum absolute atomic E-state index is 5.60. The lowest BCUT2D eigenvalue weighted by atomic mass is 10.2. The third-order valence-corrected chi connectivity index (χ3v) is 3.54. The van der Waals surface area contributed by atoms with Gasteiger partial charge < -0.3 is 9.30 Å². The van der Waals surface area contributed by atoms with Crippen LogP contribution in [0.25, 0.3) is 16.9 Å². The van der Waals surface area contributed by atoms with Crippen LogP contribution in [0.1, 0.15) is 17.7 Å². The van der Waals surface area contributed by atoms with Crippen molar-refractivity contribution in [1.82, 2.24) is 19.5 Å². The van der Waals surface area contributed by atoms with Gasteiger partial charge in [0.05, 0.1) is 19.5 Å². The average Bonchev–Trinajstić information content (AvgIpc) is 3.18. The highest BCUT2D eigenvalue weighted by Gasteiger charge is 2.17. The van der Waals surface area contributed by atoms with Crippen molar-refractivity contribution in [3.05, 3.63) is 60.3 Å². The second-order valence-corrected chi connectivity index (χ2v) is 4.96. The Morgan fingerprint density at radius 1 is 1.10 bits per heavy atom. The van der Waals surface area contributed by atoms with Crippen molar-refractivity contribution in [2.75, 3.05) is 6.61 Å². The van der Waals surface area contributed by atoms with Gasteiger partial charge in [-0.3, -0.25) is 0 Å². The summed E-state index contributed by atoms with van der Waals surface area (Å²) in [6, 6.07) is 10.3.